The maximum atomic E-state index is 12.8. The minimum absolute atomic E-state index is 0.483. The zero-order valence-corrected chi connectivity index (χ0v) is 9.25. The lowest BCUT2D eigenvalue weighted by Crippen LogP contribution is -2.38. The van der Waals surface area contributed by atoms with Gasteiger partial charge in [0, 0.05) is 24.5 Å². The summed E-state index contributed by atoms with van der Waals surface area (Å²) < 4.78 is 12.8. The first-order chi connectivity index (χ1) is 7.68. The van der Waals surface area contributed by atoms with Crippen molar-refractivity contribution in [1.82, 2.24) is 4.98 Å². The molecule has 0 amide bonds. The van der Waals surface area contributed by atoms with Crippen LogP contribution in [0.4, 0.5) is 10.1 Å². The summed E-state index contributed by atoms with van der Waals surface area (Å²) in [5.74, 6) is -0.499. The molecule has 88 valence electrons. The number of aromatic nitrogens is 1. The number of pyridine rings is 1. The predicted octanol–water partition coefficient (Wildman–Crippen LogP) is 2.33. The number of halogens is 1. The van der Waals surface area contributed by atoms with Crippen molar-refractivity contribution in [2.45, 2.75) is 37.7 Å². The van der Waals surface area contributed by atoms with E-state index in [0.29, 0.717) is 12.2 Å². The van der Waals surface area contributed by atoms with Crippen molar-refractivity contribution in [2.75, 3.05) is 11.9 Å². The minimum atomic E-state index is -0.627. The largest absolute Gasteiger partial charge is 0.388 e. The van der Waals surface area contributed by atoms with Gasteiger partial charge in [-0.25, -0.2) is 4.98 Å². The van der Waals surface area contributed by atoms with Crippen LogP contribution < -0.4 is 5.32 Å². The first-order valence-corrected chi connectivity index (χ1v) is 5.76. The van der Waals surface area contributed by atoms with Crippen molar-refractivity contribution in [2.24, 2.45) is 0 Å². The first kappa shape index (κ1) is 11.3. The van der Waals surface area contributed by atoms with Crippen LogP contribution in [0.3, 0.4) is 0 Å². The third-order valence-corrected chi connectivity index (χ3v) is 3.13. The second kappa shape index (κ2) is 4.78. The average molecular weight is 224 g/mol. The minimum Gasteiger partial charge on any atom is -0.388 e. The summed E-state index contributed by atoms with van der Waals surface area (Å²) in [6.45, 7) is 0.483. The Hall–Kier alpha value is -1.16. The van der Waals surface area contributed by atoms with E-state index >= 15 is 0 Å². The van der Waals surface area contributed by atoms with E-state index in [1.807, 2.05) is 0 Å². The normalized spacial score (nSPS) is 19.4. The van der Waals surface area contributed by atoms with Crippen LogP contribution in [0.5, 0.6) is 0 Å². The molecule has 1 saturated carbocycles. The summed E-state index contributed by atoms with van der Waals surface area (Å²) >= 11 is 0. The maximum Gasteiger partial charge on any atom is 0.214 e. The fraction of sp³-hybridized carbons (Fsp3) is 0.583. The van der Waals surface area contributed by atoms with Gasteiger partial charge in [0.1, 0.15) is 0 Å². The Morgan fingerprint density at radius 3 is 2.81 bits per heavy atom. The molecule has 1 fully saturated rings. The molecule has 1 aromatic rings. The lowest BCUT2D eigenvalue weighted by molar-refractivity contribution is 0.0167. The molecule has 1 aliphatic rings. The molecular weight excluding hydrogens is 207 g/mol. The molecule has 1 heterocycles. The van der Waals surface area contributed by atoms with E-state index < -0.39 is 11.5 Å². The van der Waals surface area contributed by atoms with Gasteiger partial charge in [0.2, 0.25) is 5.95 Å². The van der Waals surface area contributed by atoms with E-state index in [4.69, 9.17) is 0 Å². The monoisotopic (exact) mass is 224 g/mol. The fourth-order valence-electron chi connectivity index (χ4n) is 2.17. The molecule has 16 heavy (non-hydrogen) atoms. The standard InChI is InChI=1S/C12H17FN2O/c13-11-8-10(4-7-14-11)15-9-12(16)5-2-1-3-6-12/h4,7-8,16H,1-3,5-6,9H2,(H,14,15). The SMILES string of the molecule is OC1(CNc2ccnc(F)c2)CCCCC1. The van der Waals surface area contributed by atoms with Crippen LogP contribution in [0.15, 0.2) is 18.3 Å². The lowest BCUT2D eigenvalue weighted by Gasteiger charge is -2.32. The van der Waals surface area contributed by atoms with Gasteiger partial charge in [-0.3, -0.25) is 0 Å². The Morgan fingerprint density at radius 2 is 2.12 bits per heavy atom. The predicted molar refractivity (Wildman–Crippen MR) is 60.7 cm³/mol. The van der Waals surface area contributed by atoms with Crippen LogP contribution >= 0.6 is 0 Å². The van der Waals surface area contributed by atoms with Crippen molar-refractivity contribution in [3.8, 4) is 0 Å². The van der Waals surface area contributed by atoms with Gasteiger partial charge in [0.05, 0.1) is 5.60 Å². The second-order valence-corrected chi connectivity index (χ2v) is 4.51. The average Bonchev–Trinajstić information content (AvgIpc) is 2.28. The first-order valence-electron chi connectivity index (χ1n) is 5.76. The van der Waals surface area contributed by atoms with Gasteiger partial charge >= 0.3 is 0 Å². The van der Waals surface area contributed by atoms with Gasteiger partial charge in [-0.15, -0.1) is 0 Å². The van der Waals surface area contributed by atoms with Crippen molar-refractivity contribution in [3.05, 3.63) is 24.3 Å². The molecule has 0 unspecified atom stereocenters. The Kier molecular flexibility index (Phi) is 3.39. The topological polar surface area (TPSA) is 45.1 Å². The highest BCUT2D eigenvalue weighted by Gasteiger charge is 2.28. The molecule has 2 N–H and O–H groups in total. The number of nitrogens with zero attached hydrogens (tertiary/aromatic N) is 1. The third-order valence-electron chi connectivity index (χ3n) is 3.13. The van der Waals surface area contributed by atoms with E-state index in [9.17, 15) is 9.50 Å². The van der Waals surface area contributed by atoms with Gasteiger partial charge in [-0.05, 0) is 18.9 Å². The van der Waals surface area contributed by atoms with E-state index in [1.165, 1.54) is 18.7 Å². The number of hydrogen-bond donors (Lipinski definition) is 2. The van der Waals surface area contributed by atoms with Crippen LogP contribution in [-0.4, -0.2) is 22.2 Å². The van der Waals surface area contributed by atoms with Crippen LogP contribution in [0.25, 0.3) is 0 Å². The number of anilines is 1. The number of nitrogens with one attached hydrogen (secondary N) is 1. The van der Waals surface area contributed by atoms with E-state index in [-0.39, 0.29) is 0 Å². The molecule has 0 aromatic carbocycles. The van der Waals surface area contributed by atoms with Gasteiger partial charge in [0.25, 0.3) is 0 Å². The molecule has 0 bridgehead atoms. The summed E-state index contributed by atoms with van der Waals surface area (Å²) in [6.07, 6.45) is 6.42. The van der Waals surface area contributed by atoms with E-state index in [2.05, 4.69) is 10.3 Å². The zero-order valence-electron chi connectivity index (χ0n) is 9.25. The van der Waals surface area contributed by atoms with Crippen molar-refractivity contribution in [3.63, 3.8) is 0 Å². The molecule has 0 radical (unpaired) electrons. The number of aliphatic hydroxyl groups is 1. The number of rotatable bonds is 3. The molecular formula is C12H17FN2O. The second-order valence-electron chi connectivity index (χ2n) is 4.51. The van der Waals surface area contributed by atoms with Gasteiger partial charge < -0.3 is 10.4 Å². The molecule has 0 saturated heterocycles. The molecule has 1 aliphatic carbocycles. The summed E-state index contributed by atoms with van der Waals surface area (Å²) in [7, 11) is 0. The maximum absolute atomic E-state index is 12.8. The van der Waals surface area contributed by atoms with Crippen molar-refractivity contribution < 1.29 is 9.50 Å². The van der Waals surface area contributed by atoms with Gasteiger partial charge in [0.15, 0.2) is 0 Å². The van der Waals surface area contributed by atoms with Gasteiger partial charge in [-0.1, -0.05) is 19.3 Å². The Balaban J connectivity index is 1.91. The Bertz CT molecular complexity index is 351. The van der Waals surface area contributed by atoms with Crippen LogP contribution in [0.2, 0.25) is 0 Å². The molecule has 0 atom stereocenters. The molecule has 0 spiro atoms. The Labute approximate surface area is 94.7 Å². The van der Waals surface area contributed by atoms with Crippen molar-refractivity contribution >= 4 is 5.69 Å². The summed E-state index contributed by atoms with van der Waals surface area (Å²) in [5, 5.41) is 13.3. The molecule has 2 rings (SSSR count). The molecule has 4 heteroatoms. The number of hydrogen-bond acceptors (Lipinski definition) is 3. The highest BCUT2D eigenvalue weighted by atomic mass is 19.1. The summed E-state index contributed by atoms with van der Waals surface area (Å²) in [6, 6.07) is 3.04. The highest BCUT2D eigenvalue weighted by molar-refractivity contribution is 5.41. The summed E-state index contributed by atoms with van der Waals surface area (Å²) in [5.41, 5.74) is 0.0457. The molecule has 0 aliphatic heterocycles. The van der Waals surface area contributed by atoms with Crippen LogP contribution in [0.1, 0.15) is 32.1 Å². The van der Waals surface area contributed by atoms with E-state index in [0.717, 1.165) is 25.7 Å². The quantitative estimate of drug-likeness (QED) is 0.774. The zero-order chi connectivity index (χ0) is 11.4. The smallest absolute Gasteiger partial charge is 0.214 e. The van der Waals surface area contributed by atoms with Crippen molar-refractivity contribution in [1.29, 1.82) is 0 Å². The van der Waals surface area contributed by atoms with Gasteiger partial charge in [-0.2, -0.15) is 4.39 Å². The highest BCUT2D eigenvalue weighted by Crippen LogP contribution is 2.28. The van der Waals surface area contributed by atoms with Crippen LogP contribution in [-0.2, 0) is 0 Å². The third kappa shape index (κ3) is 2.92. The van der Waals surface area contributed by atoms with Crippen LogP contribution in [0, 0.1) is 5.95 Å². The lowest BCUT2D eigenvalue weighted by atomic mass is 9.85. The van der Waals surface area contributed by atoms with E-state index in [1.54, 1.807) is 6.07 Å². The Morgan fingerprint density at radius 1 is 1.38 bits per heavy atom. The molecule has 3 nitrogen and oxygen atoms in total. The summed E-state index contributed by atoms with van der Waals surface area (Å²) in [4.78, 5) is 3.48. The fourth-order valence-corrected chi connectivity index (χ4v) is 2.17. The molecule has 1 aromatic heterocycles.